The van der Waals surface area contributed by atoms with E-state index in [9.17, 15) is 9.18 Å². The molecule has 0 bridgehead atoms. The summed E-state index contributed by atoms with van der Waals surface area (Å²) in [5.41, 5.74) is 2.29. The van der Waals surface area contributed by atoms with Gasteiger partial charge >= 0.3 is 5.97 Å². The summed E-state index contributed by atoms with van der Waals surface area (Å²) < 4.78 is 24.6. The highest BCUT2D eigenvalue weighted by Crippen LogP contribution is 2.37. The molecule has 0 aromatic heterocycles. The molecule has 0 heterocycles. The Balaban J connectivity index is 1.37. The first-order valence-corrected chi connectivity index (χ1v) is 11.4. The van der Waals surface area contributed by atoms with Crippen LogP contribution in [0.2, 0.25) is 0 Å². The van der Waals surface area contributed by atoms with E-state index in [0.717, 1.165) is 24.8 Å². The molecule has 1 aliphatic rings. The van der Waals surface area contributed by atoms with Crippen molar-refractivity contribution in [3.05, 3.63) is 77.6 Å². The molecular formula is C27H30FNO3. The lowest BCUT2D eigenvalue weighted by Gasteiger charge is -2.21. The van der Waals surface area contributed by atoms with E-state index >= 15 is 0 Å². The third-order valence-electron chi connectivity index (χ3n) is 6.29. The molecular weight excluding hydrogens is 405 g/mol. The largest absolute Gasteiger partial charge is 0.479 e. The molecule has 0 amide bonds. The number of ether oxygens (including phenoxy) is 2. The molecule has 0 aliphatic heterocycles. The number of fused-ring (bicyclic) bond motifs is 1. The number of benzene rings is 3. The second-order valence-electron chi connectivity index (χ2n) is 8.45. The Bertz CT molecular complexity index is 1080. The number of esters is 1. The lowest BCUT2D eigenvalue weighted by atomic mass is 9.96. The van der Waals surface area contributed by atoms with E-state index in [4.69, 9.17) is 9.47 Å². The van der Waals surface area contributed by atoms with Gasteiger partial charge in [-0.1, -0.05) is 48.5 Å². The number of hydrogen-bond acceptors (Lipinski definition) is 4. The Kier molecular flexibility index (Phi) is 7.05. The van der Waals surface area contributed by atoms with Gasteiger partial charge in [-0.15, -0.1) is 0 Å². The van der Waals surface area contributed by atoms with Crippen LogP contribution in [0.4, 0.5) is 4.39 Å². The normalized spacial score (nSPS) is 19.1. The summed E-state index contributed by atoms with van der Waals surface area (Å²) in [5.74, 6) is -0.548. The maximum absolute atomic E-state index is 14.5. The highest BCUT2D eigenvalue weighted by Gasteiger charge is 2.28. The second kappa shape index (κ2) is 10.1. The van der Waals surface area contributed by atoms with Crippen LogP contribution in [0.1, 0.15) is 56.2 Å². The van der Waals surface area contributed by atoms with Crippen LogP contribution in [-0.2, 0) is 9.53 Å². The van der Waals surface area contributed by atoms with E-state index in [1.165, 1.54) is 16.3 Å². The third-order valence-corrected chi connectivity index (χ3v) is 6.29. The molecule has 5 heteroatoms. The van der Waals surface area contributed by atoms with Crippen LogP contribution >= 0.6 is 0 Å². The van der Waals surface area contributed by atoms with Crippen molar-refractivity contribution in [3.8, 4) is 5.75 Å². The molecule has 1 fully saturated rings. The molecule has 0 unspecified atom stereocenters. The van der Waals surface area contributed by atoms with Crippen molar-refractivity contribution in [3.63, 3.8) is 0 Å². The summed E-state index contributed by atoms with van der Waals surface area (Å²) in [6, 6.07) is 20.6. The SMILES string of the molecule is CCOC(=O)COc1ccc([C@@H]2CC[C@H](N[C@H](C)c3cccc4ccccc34)C2)cc1F. The number of carbonyl (C=O) groups excluding carboxylic acids is 1. The molecule has 1 N–H and O–H groups in total. The molecule has 32 heavy (non-hydrogen) atoms. The Morgan fingerprint density at radius 3 is 2.75 bits per heavy atom. The zero-order chi connectivity index (χ0) is 22.5. The molecule has 3 aromatic rings. The smallest absolute Gasteiger partial charge is 0.344 e. The summed E-state index contributed by atoms with van der Waals surface area (Å²) in [6.07, 6.45) is 3.04. The van der Waals surface area contributed by atoms with Gasteiger partial charge in [-0.2, -0.15) is 0 Å². The van der Waals surface area contributed by atoms with Crippen LogP contribution in [0, 0.1) is 5.82 Å². The zero-order valence-electron chi connectivity index (χ0n) is 18.6. The minimum absolute atomic E-state index is 0.0825. The first-order chi connectivity index (χ1) is 15.5. The lowest BCUT2D eigenvalue weighted by Crippen LogP contribution is -2.29. The summed E-state index contributed by atoms with van der Waals surface area (Å²) in [6.45, 7) is 3.93. The maximum atomic E-state index is 14.5. The van der Waals surface area contributed by atoms with Crippen LogP contribution in [0.15, 0.2) is 60.7 Å². The van der Waals surface area contributed by atoms with Crippen LogP contribution in [0.5, 0.6) is 5.75 Å². The minimum Gasteiger partial charge on any atom is -0.479 e. The highest BCUT2D eigenvalue weighted by molar-refractivity contribution is 5.86. The molecule has 1 aliphatic carbocycles. The van der Waals surface area contributed by atoms with E-state index in [2.05, 4.69) is 54.7 Å². The number of hydrogen-bond donors (Lipinski definition) is 1. The fourth-order valence-corrected chi connectivity index (χ4v) is 4.73. The molecule has 0 saturated heterocycles. The molecule has 1 saturated carbocycles. The van der Waals surface area contributed by atoms with Crippen LogP contribution in [-0.4, -0.2) is 25.2 Å². The van der Waals surface area contributed by atoms with Gasteiger partial charge in [0.2, 0.25) is 0 Å². The van der Waals surface area contributed by atoms with Gasteiger partial charge in [0.15, 0.2) is 18.2 Å². The summed E-state index contributed by atoms with van der Waals surface area (Å²) in [5, 5.41) is 6.32. The van der Waals surface area contributed by atoms with Crippen molar-refractivity contribution in [1.82, 2.24) is 5.32 Å². The molecule has 3 aromatic carbocycles. The molecule has 0 spiro atoms. The van der Waals surface area contributed by atoms with Crippen molar-refractivity contribution in [2.75, 3.05) is 13.2 Å². The lowest BCUT2D eigenvalue weighted by molar-refractivity contribution is -0.145. The van der Waals surface area contributed by atoms with Crippen molar-refractivity contribution in [1.29, 1.82) is 0 Å². The monoisotopic (exact) mass is 435 g/mol. The molecule has 168 valence electrons. The Morgan fingerprint density at radius 2 is 1.94 bits per heavy atom. The van der Waals surface area contributed by atoms with Crippen LogP contribution in [0.25, 0.3) is 10.8 Å². The summed E-state index contributed by atoms with van der Waals surface area (Å²) in [7, 11) is 0. The number of halogens is 1. The van der Waals surface area contributed by atoms with E-state index in [0.29, 0.717) is 12.0 Å². The number of nitrogens with one attached hydrogen (secondary N) is 1. The van der Waals surface area contributed by atoms with E-state index < -0.39 is 11.8 Å². The predicted octanol–water partition coefficient (Wildman–Crippen LogP) is 5.91. The summed E-state index contributed by atoms with van der Waals surface area (Å²) >= 11 is 0. The van der Waals surface area contributed by atoms with E-state index in [1.54, 1.807) is 19.1 Å². The average Bonchev–Trinajstić information content (AvgIpc) is 3.26. The van der Waals surface area contributed by atoms with Gasteiger partial charge in [0, 0.05) is 12.1 Å². The quantitative estimate of drug-likeness (QED) is 0.447. The Hall–Kier alpha value is -2.92. The highest BCUT2D eigenvalue weighted by atomic mass is 19.1. The molecule has 4 nitrogen and oxygen atoms in total. The van der Waals surface area contributed by atoms with Gasteiger partial charge < -0.3 is 14.8 Å². The first-order valence-electron chi connectivity index (χ1n) is 11.4. The standard InChI is InChI=1S/C27H30FNO3/c1-3-31-27(30)17-32-26-14-12-21(16-25(26)28)20-11-13-22(15-20)29-18(2)23-10-6-8-19-7-4-5-9-24(19)23/h4-10,12,14,16,18,20,22,29H,3,11,13,15,17H2,1-2H3/t18-,20-,22+/m1/s1. The van der Waals surface area contributed by atoms with Crippen molar-refractivity contribution in [2.24, 2.45) is 0 Å². The zero-order valence-corrected chi connectivity index (χ0v) is 18.6. The van der Waals surface area contributed by atoms with Crippen LogP contribution < -0.4 is 10.1 Å². The van der Waals surface area contributed by atoms with Gasteiger partial charge in [0.25, 0.3) is 0 Å². The Morgan fingerprint density at radius 1 is 1.12 bits per heavy atom. The van der Waals surface area contributed by atoms with Gasteiger partial charge in [-0.05, 0) is 73.1 Å². The molecule has 4 rings (SSSR count). The minimum atomic E-state index is -0.499. The Labute approximate surface area is 188 Å². The maximum Gasteiger partial charge on any atom is 0.344 e. The third kappa shape index (κ3) is 5.10. The van der Waals surface area contributed by atoms with Gasteiger partial charge in [0.05, 0.1) is 6.61 Å². The topological polar surface area (TPSA) is 47.6 Å². The van der Waals surface area contributed by atoms with Gasteiger partial charge in [-0.3, -0.25) is 0 Å². The molecule has 0 radical (unpaired) electrons. The van der Waals surface area contributed by atoms with E-state index in [1.807, 2.05) is 6.07 Å². The van der Waals surface area contributed by atoms with Gasteiger partial charge in [0.1, 0.15) is 0 Å². The fourth-order valence-electron chi connectivity index (χ4n) is 4.73. The van der Waals surface area contributed by atoms with Crippen molar-refractivity contribution < 1.29 is 18.7 Å². The van der Waals surface area contributed by atoms with Crippen molar-refractivity contribution >= 4 is 16.7 Å². The number of carbonyl (C=O) groups is 1. The van der Waals surface area contributed by atoms with E-state index in [-0.39, 0.29) is 25.0 Å². The fraction of sp³-hybridized carbons (Fsp3) is 0.370. The number of rotatable bonds is 8. The average molecular weight is 436 g/mol. The predicted molar refractivity (Wildman–Crippen MR) is 124 cm³/mol. The second-order valence-corrected chi connectivity index (χ2v) is 8.45. The molecule has 3 atom stereocenters. The van der Waals surface area contributed by atoms with Crippen LogP contribution in [0.3, 0.4) is 0 Å². The summed E-state index contributed by atoms with van der Waals surface area (Å²) in [4.78, 5) is 11.4. The van der Waals surface area contributed by atoms with Gasteiger partial charge in [-0.25, -0.2) is 9.18 Å². The first kappa shape index (κ1) is 22.3. The van der Waals surface area contributed by atoms with Crippen molar-refractivity contribution in [2.45, 2.75) is 51.1 Å².